The minimum absolute atomic E-state index is 0.0125. The summed E-state index contributed by atoms with van der Waals surface area (Å²) in [6, 6.07) is 13.0. The lowest BCUT2D eigenvalue weighted by atomic mass is 10.00. The molecule has 0 atom stereocenters. The Morgan fingerprint density at radius 1 is 1.06 bits per heavy atom. The van der Waals surface area contributed by atoms with E-state index in [9.17, 15) is 13.2 Å². The Morgan fingerprint density at radius 3 is 2.56 bits per heavy atom. The molecule has 10 nitrogen and oxygen atoms in total. The van der Waals surface area contributed by atoms with Gasteiger partial charge in [-0.25, -0.2) is 18.1 Å². The van der Waals surface area contributed by atoms with Crippen LogP contribution in [0.4, 0.5) is 5.95 Å². The standard InChI is InChI=1S/C25H24N6O4S/c1-15-5-4-6-16(2)24(15)21-11-23(35-19-8-7-17-12-26-22(32)10-18(17)9-19)29-25(28-21)30-36(33,34)20-13-27-31(3)14-20/h4-9,11,13-14H,10,12H2,1-3H3,(H,26,32)(H,28,29,30). The van der Waals surface area contributed by atoms with E-state index in [4.69, 9.17) is 4.74 Å². The van der Waals surface area contributed by atoms with Crippen molar-refractivity contribution >= 4 is 21.9 Å². The Hall–Kier alpha value is -4.25. The van der Waals surface area contributed by atoms with E-state index in [1.807, 2.05) is 38.1 Å². The first-order chi connectivity index (χ1) is 17.2. The summed E-state index contributed by atoms with van der Waals surface area (Å²) in [7, 11) is -2.35. The lowest BCUT2D eigenvalue weighted by Gasteiger charge is -2.18. The van der Waals surface area contributed by atoms with Crippen molar-refractivity contribution in [1.29, 1.82) is 0 Å². The largest absolute Gasteiger partial charge is 0.439 e. The Bertz CT molecular complexity index is 1580. The second kappa shape index (κ2) is 9.08. The van der Waals surface area contributed by atoms with E-state index in [1.165, 1.54) is 17.1 Å². The van der Waals surface area contributed by atoms with Gasteiger partial charge in [-0.1, -0.05) is 24.3 Å². The van der Waals surface area contributed by atoms with Gasteiger partial charge >= 0.3 is 0 Å². The van der Waals surface area contributed by atoms with E-state index in [0.29, 0.717) is 18.0 Å². The second-order valence-electron chi connectivity index (χ2n) is 8.62. The van der Waals surface area contributed by atoms with E-state index >= 15 is 0 Å². The molecule has 3 heterocycles. The summed E-state index contributed by atoms with van der Waals surface area (Å²) < 4.78 is 35.8. The summed E-state index contributed by atoms with van der Waals surface area (Å²) in [5.74, 6) is 0.458. The maximum absolute atomic E-state index is 12.9. The fourth-order valence-electron chi connectivity index (χ4n) is 4.14. The molecule has 5 rings (SSSR count). The molecular weight excluding hydrogens is 480 g/mol. The molecule has 36 heavy (non-hydrogen) atoms. The summed E-state index contributed by atoms with van der Waals surface area (Å²) in [5.41, 5.74) is 5.20. The van der Waals surface area contributed by atoms with E-state index in [-0.39, 0.29) is 29.1 Å². The van der Waals surface area contributed by atoms with Crippen molar-refractivity contribution in [1.82, 2.24) is 25.1 Å². The quantitative estimate of drug-likeness (QED) is 0.412. The number of nitrogens with zero attached hydrogens (tertiary/aromatic N) is 4. The fraction of sp³-hybridized carbons (Fsp3) is 0.200. The molecule has 0 fully saturated rings. The number of ether oxygens (including phenoxy) is 1. The number of fused-ring (bicyclic) bond motifs is 1. The fourth-order valence-corrected chi connectivity index (χ4v) is 5.07. The highest BCUT2D eigenvalue weighted by molar-refractivity contribution is 7.92. The summed E-state index contributed by atoms with van der Waals surface area (Å²) in [4.78, 5) is 20.6. The van der Waals surface area contributed by atoms with Gasteiger partial charge in [0, 0.05) is 31.4 Å². The van der Waals surface area contributed by atoms with Crippen LogP contribution in [0.3, 0.4) is 0 Å². The van der Waals surface area contributed by atoms with Crippen LogP contribution in [0, 0.1) is 13.8 Å². The third-order valence-electron chi connectivity index (χ3n) is 5.88. The molecule has 0 aliphatic carbocycles. The number of anilines is 1. The average molecular weight is 505 g/mol. The topological polar surface area (TPSA) is 128 Å². The Morgan fingerprint density at radius 2 is 1.83 bits per heavy atom. The minimum atomic E-state index is -3.98. The van der Waals surface area contributed by atoms with Crippen LogP contribution < -0.4 is 14.8 Å². The van der Waals surface area contributed by atoms with E-state index in [2.05, 4.69) is 25.1 Å². The van der Waals surface area contributed by atoms with Crippen molar-refractivity contribution in [3.05, 3.63) is 77.1 Å². The van der Waals surface area contributed by atoms with Crippen LogP contribution in [0.1, 0.15) is 22.3 Å². The van der Waals surface area contributed by atoms with Crippen molar-refractivity contribution in [2.45, 2.75) is 31.7 Å². The van der Waals surface area contributed by atoms with Crippen molar-refractivity contribution in [3.8, 4) is 22.9 Å². The molecule has 1 aliphatic heterocycles. The van der Waals surface area contributed by atoms with Gasteiger partial charge in [0.1, 0.15) is 10.6 Å². The zero-order valence-corrected chi connectivity index (χ0v) is 20.8. The normalized spacial score (nSPS) is 13.1. The van der Waals surface area contributed by atoms with Crippen molar-refractivity contribution in [2.24, 2.45) is 7.05 Å². The van der Waals surface area contributed by atoms with Gasteiger partial charge in [-0.2, -0.15) is 10.1 Å². The SMILES string of the molecule is Cc1cccc(C)c1-c1cc(Oc2ccc3c(c2)CC(=O)NC3)nc(NS(=O)(=O)c2cnn(C)c2)n1. The number of benzene rings is 2. The minimum Gasteiger partial charge on any atom is -0.439 e. The molecule has 0 spiro atoms. The van der Waals surface area contributed by atoms with Crippen LogP contribution in [0.25, 0.3) is 11.3 Å². The van der Waals surface area contributed by atoms with Gasteiger partial charge in [-0.3, -0.25) is 9.48 Å². The smallest absolute Gasteiger partial charge is 0.267 e. The van der Waals surface area contributed by atoms with Crippen molar-refractivity contribution in [2.75, 3.05) is 4.72 Å². The van der Waals surface area contributed by atoms with Crippen molar-refractivity contribution in [3.63, 3.8) is 0 Å². The average Bonchev–Trinajstić information content (AvgIpc) is 3.26. The number of nitrogens with one attached hydrogen (secondary N) is 2. The molecule has 0 radical (unpaired) electrons. The number of carbonyl (C=O) groups excluding carboxylic acids is 1. The van der Waals surface area contributed by atoms with Gasteiger partial charge in [-0.15, -0.1) is 0 Å². The summed E-state index contributed by atoms with van der Waals surface area (Å²) >= 11 is 0. The molecule has 2 N–H and O–H groups in total. The highest BCUT2D eigenvalue weighted by Crippen LogP contribution is 2.32. The third-order valence-corrected chi connectivity index (χ3v) is 7.17. The molecule has 0 unspecified atom stereocenters. The summed E-state index contributed by atoms with van der Waals surface area (Å²) in [6.07, 6.45) is 2.90. The number of sulfonamides is 1. The number of aryl methyl sites for hydroxylation is 3. The van der Waals surface area contributed by atoms with E-state index < -0.39 is 10.0 Å². The van der Waals surface area contributed by atoms with Crippen LogP contribution in [0.2, 0.25) is 0 Å². The number of carbonyl (C=O) groups is 1. The van der Waals surface area contributed by atoms with Gasteiger partial charge in [0.25, 0.3) is 10.0 Å². The summed E-state index contributed by atoms with van der Waals surface area (Å²) in [6.45, 7) is 4.39. The van der Waals surface area contributed by atoms with Gasteiger partial charge in [0.05, 0.1) is 18.3 Å². The predicted molar refractivity (Wildman–Crippen MR) is 133 cm³/mol. The van der Waals surface area contributed by atoms with Crippen LogP contribution in [-0.2, 0) is 34.8 Å². The number of amides is 1. The van der Waals surface area contributed by atoms with Gasteiger partial charge < -0.3 is 10.1 Å². The lowest BCUT2D eigenvalue weighted by molar-refractivity contribution is -0.121. The monoisotopic (exact) mass is 504 g/mol. The first kappa shape index (κ1) is 23.5. The Kier molecular flexibility index (Phi) is 5.92. The molecule has 184 valence electrons. The maximum atomic E-state index is 12.9. The molecule has 1 aliphatic rings. The van der Waals surface area contributed by atoms with E-state index in [0.717, 1.165) is 27.8 Å². The predicted octanol–water partition coefficient (Wildman–Crippen LogP) is 3.26. The molecule has 11 heteroatoms. The first-order valence-electron chi connectivity index (χ1n) is 11.2. The second-order valence-corrected chi connectivity index (χ2v) is 10.3. The highest BCUT2D eigenvalue weighted by atomic mass is 32.2. The van der Waals surface area contributed by atoms with E-state index in [1.54, 1.807) is 25.2 Å². The molecule has 4 aromatic rings. The zero-order chi connectivity index (χ0) is 25.4. The van der Waals surface area contributed by atoms with Crippen LogP contribution in [-0.4, -0.2) is 34.1 Å². The molecule has 2 aromatic heterocycles. The molecular formula is C25H24N6O4S. The van der Waals surface area contributed by atoms with Crippen molar-refractivity contribution < 1.29 is 17.9 Å². The number of rotatable bonds is 6. The number of hydrogen-bond acceptors (Lipinski definition) is 7. The number of aromatic nitrogens is 4. The maximum Gasteiger partial charge on any atom is 0.267 e. The van der Waals surface area contributed by atoms with Crippen LogP contribution in [0.5, 0.6) is 11.6 Å². The van der Waals surface area contributed by atoms with Crippen LogP contribution >= 0.6 is 0 Å². The van der Waals surface area contributed by atoms with Crippen LogP contribution in [0.15, 0.2) is 59.8 Å². The lowest BCUT2D eigenvalue weighted by Crippen LogP contribution is -2.30. The first-order valence-corrected chi connectivity index (χ1v) is 12.7. The number of hydrogen-bond donors (Lipinski definition) is 2. The molecule has 2 aromatic carbocycles. The Labute approximate surface area is 208 Å². The molecule has 0 saturated carbocycles. The molecule has 0 bridgehead atoms. The molecule has 1 amide bonds. The third kappa shape index (κ3) is 4.78. The zero-order valence-electron chi connectivity index (χ0n) is 19.9. The van der Waals surface area contributed by atoms with Gasteiger partial charge in [0.15, 0.2) is 0 Å². The van der Waals surface area contributed by atoms with Gasteiger partial charge in [0.2, 0.25) is 17.7 Å². The molecule has 0 saturated heterocycles. The Balaban J connectivity index is 1.56. The summed E-state index contributed by atoms with van der Waals surface area (Å²) in [5, 5.41) is 6.75. The highest BCUT2D eigenvalue weighted by Gasteiger charge is 2.21. The van der Waals surface area contributed by atoms with Gasteiger partial charge in [-0.05, 0) is 48.2 Å².